The Hall–Kier alpha value is -0.670. The van der Waals surface area contributed by atoms with Crippen molar-refractivity contribution in [3.05, 3.63) is 16.3 Å². The second-order valence-corrected chi connectivity index (χ2v) is 5.64. The van der Waals surface area contributed by atoms with E-state index < -0.39 is 15.9 Å². The molecule has 0 amide bonds. The lowest BCUT2D eigenvalue weighted by molar-refractivity contribution is 0.0544. The molecule has 1 rings (SSSR count). The molecule has 18 heavy (non-hydrogen) atoms. The van der Waals surface area contributed by atoms with Gasteiger partial charge in [-0.05, 0) is 5.38 Å². The van der Waals surface area contributed by atoms with E-state index in [1.807, 2.05) is 0 Å². The van der Waals surface area contributed by atoms with Crippen LogP contribution in [0.4, 0.5) is 0 Å². The lowest BCUT2D eigenvalue weighted by Crippen LogP contribution is -2.10. The summed E-state index contributed by atoms with van der Waals surface area (Å²) in [4.78, 5) is 0. The van der Waals surface area contributed by atoms with Crippen molar-refractivity contribution in [3.8, 4) is 5.75 Å². The summed E-state index contributed by atoms with van der Waals surface area (Å²) in [6.07, 6.45) is 0. The van der Waals surface area contributed by atoms with Crippen LogP contribution in [-0.2, 0) is 25.3 Å². The van der Waals surface area contributed by atoms with E-state index in [0.717, 1.165) is 0 Å². The third-order valence-corrected chi connectivity index (χ3v) is 3.40. The van der Waals surface area contributed by atoms with Gasteiger partial charge in [0, 0.05) is 18.1 Å². The monoisotopic (exact) mass is 296 g/mol. The van der Waals surface area contributed by atoms with Crippen molar-refractivity contribution in [2.45, 2.75) is 5.75 Å². The van der Waals surface area contributed by atoms with Gasteiger partial charge in [0.1, 0.15) is 18.1 Å². The molecule has 0 saturated carbocycles. The Balaban J connectivity index is 2.32. The Labute approximate surface area is 110 Å². The highest BCUT2D eigenvalue weighted by Gasteiger charge is 2.12. The van der Waals surface area contributed by atoms with E-state index in [0.29, 0.717) is 37.7 Å². The number of methoxy groups -OCH3 is 1. The van der Waals surface area contributed by atoms with Crippen molar-refractivity contribution in [2.24, 2.45) is 0 Å². The summed E-state index contributed by atoms with van der Waals surface area (Å²) in [5.74, 6) is 0.0315. The molecule has 0 atom stereocenters. The predicted octanol–water partition coefficient (Wildman–Crippen LogP) is 1.18. The number of hydrogen-bond acceptors (Lipinski definition) is 6. The zero-order valence-corrected chi connectivity index (χ0v) is 11.6. The fraction of sp³-hybridized carbons (Fsp3) is 0.600. The lowest BCUT2D eigenvalue weighted by Gasteiger charge is -2.07. The van der Waals surface area contributed by atoms with E-state index in [-0.39, 0.29) is 0 Å². The third kappa shape index (κ3) is 6.31. The van der Waals surface area contributed by atoms with E-state index in [9.17, 15) is 8.42 Å². The molecule has 0 aromatic carbocycles. The van der Waals surface area contributed by atoms with Crippen LogP contribution in [0.5, 0.6) is 5.75 Å². The van der Waals surface area contributed by atoms with Crippen LogP contribution >= 0.6 is 11.3 Å². The number of thiophene rings is 1. The zero-order chi connectivity index (χ0) is 13.4. The van der Waals surface area contributed by atoms with Crippen molar-refractivity contribution >= 4 is 21.5 Å². The average molecular weight is 296 g/mol. The Morgan fingerprint density at radius 3 is 2.61 bits per heavy atom. The molecule has 1 N–H and O–H groups in total. The summed E-state index contributed by atoms with van der Waals surface area (Å²) >= 11 is 1.32. The van der Waals surface area contributed by atoms with E-state index in [4.69, 9.17) is 18.8 Å². The summed E-state index contributed by atoms with van der Waals surface area (Å²) in [6, 6.07) is 0. The van der Waals surface area contributed by atoms with Gasteiger partial charge in [0.05, 0.1) is 19.8 Å². The van der Waals surface area contributed by atoms with Gasteiger partial charge in [-0.2, -0.15) is 8.42 Å². The molecule has 104 valence electrons. The third-order valence-electron chi connectivity index (χ3n) is 1.96. The molecule has 0 radical (unpaired) electrons. The molecule has 1 heterocycles. The molecular formula is C10H16O6S2. The first-order valence-corrected chi connectivity index (χ1v) is 7.78. The van der Waals surface area contributed by atoms with Crippen molar-refractivity contribution in [2.75, 3.05) is 33.5 Å². The molecule has 0 bridgehead atoms. The topological polar surface area (TPSA) is 82.1 Å². The SMILES string of the molecule is COCCOCCOc1cscc1CS(=O)(=O)O. The van der Waals surface area contributed by atoms with Crippen LogP contribution in [0.1, 0.15) is 5.56 Å². The molecule has 0 unspecified atom stereocenters. The van der Waals surface area contributed by atoms with Gasteiger partial charge in [0.15, 0.2) is 0 Å². The van der Waals surface area contributed by atoms with E-state index in [2.05, 4.69) is 0 Å². The van der Waals surface area contributed by atoms with E-state index >= 15 is 0 Å². The predicted molar refractivity (Wildman–Crippen MR) is 67.8 cm³/mol. The first kappa shape index (κ1) is 15.4. The summed E-state index contributed by atoms with van der Waals surface area (Å²) in [5.41, 5.74) is 0.458. The normalized spacial score (nSPS) is 11.7. The zero-order valence-electron chi connectivity index (χ0n) is 10.00. The summed E-state index contributed by atoms with van der Waals surface area (Å²) < 4.78 is 45.7. The fourth-order valence-corrected chi connectivity index (χ4v) is 2.69. The van der Waals surface area contributed by atoms with Gasteiger partial charge in [0.2, 0.25) is 0 Å². The van der Waals surface area contributed by atoms with Crippen LogP contribution in [0, 0.1) is 0 Å². The Morgan fingerprint density at radius 1 is 1.22 bits per heavy atom. The van der Waals surface area contributed by atoms with Gasteiger partial charge in [-0.1, -0.05) is 0 Å². The smallest absolute Gasteiger partial charge is 0.269 e. The van der Waals surface area contributed by atoms with Gasteiger partial charge in [-0.15, -0.1) is 11.3 Å². The highest BCUT2D eigenvalue weighted by molar-refractivity contribution is 7.85. The number of ether oxygens (including phenoxy) is 3. The maximum atomic E-state index is 10.8. The van der Waals surface area contributed by atoms with Gasteiger partial charge in [-0.25, -0.2) is 0 Å². The van der Waals surface area contributed by atoms with Crippen LogP contribution in [-0.4, -0.2) is 46.5 Å². The molecule has 6 nitrogen and oxygen atoms in total. The van der Waals surface area contributed by atoms with Crippen LogP contribution in [0.25, 0.3) is 0 Å². The van der Waals surface area contributed by atoms with E-state index in [1.165, 1.54) is 11.3 Å². The first-order valence-electron chi connectivity index (χ1n) is 5.22. The molecule has 0 aliphatic carbocycles. The van der Waals surface area contributed by atoms with Gasteiger partial charge < -0.3 is 14.2 Å². The Morgan fingerprint density at radius 2 is 1.94 bits per heavy atom. The second-order valence-electron chi connectivity index (χ2n) is 3.44. The molecule has 1 aromatic rings. The quantitative estimate of drug-likeness (QED) is 0.544. The minimum atomic E-state index is -4.03. The number of rotatable bonds is 9. The number of hydrogen-bond donors (Lipinski definition) is 1. The van der Waals surface area contributed by atoms with E-state index in [1.54, 1.807) is 17.9 Å². The minimum absolute atomic E-state index is 0.318. The first-order chi connectivity index (χ1) is 8.53. The molecule has 0 fully saturated rings. The van der Waals surface area contributed by atoms with Crippen LogP contribution in [0.2, 0.25) is 0 Å². The van der Waals surface area contributed by atoms with Crippen molar-refractivity contribution in [1.29, 1.82) is 0 Å². The van der Waals surface area contributed by atoms with Crippen LogP contribution in [0.15, 0.2) is 10.8 Å². The molecule has 8 heteroatoms. The summed E-state index contributed by atoms with van der Waals surface area (Å²) in [7, 11) is -2.44. The molecule has 0 spiro atoms. The maximum absolute atomic E-state index is 10.8. The Kier molecular flexibility index (Phi) is 6.58. The van der Waals surface area contributed by atoms with Crippen molar-refractivity contribution in [3.63, 3.8) is 0 Å². The van der Waals surface area contributed by atoms with Gasteiger partial charge in [0.25, 0.3) is 10.1 Å². The molecule has 0 aliphatic heterocycles. The van der Waals surface area contributed by atoms with Crippen molar-refractivity contribution < 1.29 is 27.2 Å². The van der Waals surface area contributed by atoms with Crippen LogP contribution < -0.4 is 4.74 Å². The average Bonchev–Trinajstić information content (AvgIpc) is 2.68. The summed E-state index contributed by atoms with van der Waals surface area (Å²) in [5, 5.41) is 3.32. The summed E-state index contributed by atoms with van der Waals surface area (Å²) in [6.45, 7) is 1.72. The van der Waals surface area contributed by atoms with Gasteiger partial charge in [-0.3, -0.25) is 4.55 Å². The second kappa shape index (κ2) is 7.70. The van der Waals surface area contributed by atoms with Crippen molar-refractivity contribution in [1.82, 2.24) is 0 Å². The highest BCUT2D eigenvalue weighted by atomic mass is 32.2. The minimum Gasteiger partial charge on any atom is -0.490 e. The maximum Gasteiger partial charge on any atom is 0.269 e. The highest BCUT2D eigenvalue weighted by Crippen LogP contribution is 2.25. The molecule has 1 aromatic heterocycles. The van der Waals surface area contributed by atoms with Gasteiger partial charge >= 0.3 is 0 Å². The standard InChI is InChI=1S/C10H16O6S2/c1-14-2-3-15-4-5-16-10-7-17-6-9(10)8-18(11,12)13/h6-7H,2-5,8H2,1H3,(H,11,12,13). The molecular weight excluding hydrogens is 280 g/mol. The largest absolute Gasteiger partial charge is 0.490 e. The lowest BCUT2D eigenvalue weighted by atomic mass is 10.4. The fourth-order valence-electron chi connectivity index (χ4n) is 1.19. The molecule has 0 saturated heterocycles. The van der Waals surface area contributed by atoms with Crippen LogP contribution in [0.3, 0.4) is 0 Å². The molecule has 0 aliphatic rings. The Bertz CT molecular complexity index is 439.